The van der Waals surface area contributed by atoms with Crippen molar-refractivity contribution in [3.63, 3.8) is 0 Å². The number of nitrogens with zero attached hydrogens (tertiary/aromatic N) is 7. The number of hydrogen-bond donors (Lipinski definition) is 10. The smallest absolute Gasteiger partial charge is 0.394 e. The summed E-state index contributed by atoms with van der Waals surface area (Å²) in [6.07, 6.45) is 6.40. The van der Waals surface area contributed by atoms with Crippen LogP contribution in [0.3, 0.4) is 0 Å². The highest BCUT2D eigenvalue weighted by atomic mass is 19.3. The molecule has 0 saturated carbocycles. The lowest BCUT2D eigenvalue weighted by Crippen LogP contribution is -2.52. The average Bonchev–Trinajstić information content (AvgIpc) is 0.779. The molecule has 14 N–H and O–H groups in total. The molecule has 8 atom stereocenters. The number of rotatable bonds is 12. The number of nitrogens with two attached hydrogens (primary N) is 4. The number of pyridine rings is 4. The van der Waals surface area contributed by atoms with Crippen LogP contribution in [0.1, 0.15) is 141 Å². The summed E-state index contributed by atoms with van der Waals surface area (Å²) in [5.74, 6) is -39.1. The zero-order chi connectivity index (χ0) is 92.8. The van der Waals surface area contributed by atoms with Gasteiger partial charge in [0.2, 0.25) is 23.6 Å². The van der Waals surface area contributed by atoms with E-state index < -0.39 is 228 Å². The van der Waals surface area contributed by atoms with Crippen molar-refractivity contribution < 1.29 is 133 Å². The molecule has 0 spiro atoms. The molecule has 4 aliphatic rings. The van der Waals surface area contributed by atoms with E-state index in [1.165, 1.54) is 70.4 Å². The van der Waals surface area contributed by atoms with Gasteiger partial charge in [0.05, 0.1) is 87.9 Å². The molecule has 8 aromatic rings. The van der Waals surface area contributed by atoms with Crippen LogP contribution >= 0.6 is 0 Å². The first-order chi connectivity index (χ1) is 58.4. The van der Waals surface area contributed by atoms with Gasteiger partial charge in [0.15, 0.2) is 46.5 Å². The summed E-state index contributed by atoms with van der Waals surface area (Å²) in [5.41, 5.74) is 20.7. The summed E-state index contributed by atoms with van der Waals surface area (Å²) >= 11 is 0. The van der Waals surface area contributed by atoms with Gasteiger partial charge in [0.25, 0.3) is 23.7 Å². The van der Waals surface area contributed by atoms with Crippen LogP contribution in [0.4, 0.5) is 93.0 Å². The number of carboxylic acid groups (broad SMARTS) is 1. The zero-order valence-corrected chi connectivity index (χ0v) is 65.5. The molecule has 12 rings (SSSR count). The van der Waals surface area contributed by atoms with Gasteiger partial charge in [0, 0.05) is 106 Å². The summed E-state index contributed by atoms with van der Waals surface area (Å²) < 4.78 is 220. The number of likely N-dealkylation sites (tertiary alicyclic amines) is 3. The van der Waals surface area contributed by atoms with Crippen LogP contribution in [0.5, 0.6) is 0 Å². The van der Waals surface area contributed by atoms with Gasteiger partial charge in [-0.3, -0.25) is 72.7 Å². The van der Waals surface area contributed by atoms with E-state index in [9.17, 15) is 128 Å². The Morgan fingerprint density at radius 2 is 0.584 bits per heavy atom. The molecule has 0 radical (unpaired) electrons. The molecule has 4 aliphatic heterocycles. The number of halogens is 16. The van der Waals surface area contributed by atoms with Crippen LogP contribution in [0.25, 0.3) is 0 Å². The molecule has 11 amide bonds. The molecular formula is C80H74F16N16O13. The predicted molar refractivity (Wildman–Crippen MR) is 408 cm³/mol. The molecule has 0 aliphatic carbocycles. The topological polar surface area (TPSA) is 451 Å². The molecule has 8 heterocycles. The number of nitrogens with one attached hydrogen (secondary N) is 5. The van der Waals surface area contributed by atoms with Gasteiger partial charge in [-0.1, -0.05) is 52.0 Å². The summed E-state index contributed by atoms with van der Waals surface area (Å²) in [7, 11) is 0. The molecule has 4 aromatic carbocycles. The molecule has 125 heavy (non-hydrogen) atoms. The first-order valence-electron chi connectivity index (χ1n) is 36.8. The monoisotopic (exact) mass is 1770 g/mol. The van der Waals surface area contributed by atoms with Gasteiger partial charge in [-0.2, -0.15) is 0 Å². The SMILES string of the molecule is C[C@@H]1CN(C(=O)C(=O)Nc2cncc(C(N)=O)c2)[C@@H](c2ccc(F)c(F)c2)CC1(F)F.C[C@H]1CN(C(=O)C(=O)Nc2cncc(C(N)=O)c2)[C@H](c2ccc(F)c(F)c2)CC1(F)F.C[C@H]1CN(C(=O)C(=O)Nc2cncc(C(N)=O)c2)[C@H](c2ccc(F)c(F)c2)CC1(F)F.C[C@H]1CN[C@H](c2ccc(F)c(F)c2)CC1(F)F.NC(=O)c1cncc(NC(=O)C(=O)O)c1. The Hall–Kier alpha value is -14.0. The van der Waals surface area contributed by atoms with E-state index in [2.05, 4.69) is 41.2 Å². The predicted octanol–water partition coefficient (Wildman–Crippen LogP) is 10.4. The van der Waals surface area contributed by atoms with E-state index in [0.29, 0.717) is 5.56 Å². The highest BCUT2D eigenvalue weighted by Crippen LogP contribution is 2.47. The van der Waals surface area contributed by atoms with E-state index in [1.807, 2.05) is 5.32 Å². The van der Waals surface area contributed by atoms with Crippen molar-refractivity contribution in [2.24, 2.45) is 46.6 Å². The summed E-state index contributed by atoms with van der Waals surface area (Å²) in [6, 6.07) is 11.2. The third-order valence-electron chi connectivity index (χ3n) is 20.0. The molecule has 664 valence electrons. The number of carbonyl (C=O) groups excluding carboxylic acids is 11. The Kier molecular flexibility index (Phi) is 31.1. The van der Waals surface area contributed by atoms with Gasteiger partial charge >= 0.3 is 47.3 Å². The molecule has 0 unspecified atom stereocenters. The maximum absolute atomic E-state index is 14.4. The van der Waals surface area contributed by atoms with Crippen molar-refractivity contribution in [3.05, 3.63) is 238 Å². The quantitative estimate of drug-likeness (QED) is 0.0401. The third-order valence-corrected chi connectivity index (χ3v) is 20.0. The van der Waals surface area contributed by atoms with Crippen molar-refractivity contribution in [1.29, 1.82) is 0 Å². The number of primary amides is 4. The second-order valence-corrected chi connectivity index (χ2v) is 29.0. The molecule has 4 aromatic heterocycles. The van der Waals surface area contributed by atoms with Crippen LogP contribution < -0.4 is 49.5 Å². The fourth-order valence-corrected chi connectivity index (χ4v) is 12.8. The first-order valence-corrected chi connectivity index (χ1v) is 36.8. The lowest BCUT2D eigenvalue weighted by Gasteiger charge is -2.42. The highest BCUT2D eigenvalue weighted by Gasteiger charge is 2.52. The van der Waals surface area contributed by atoms with Gasteiger partial charge in [0.1, 0.15) is 0 Å². The minimum Gasteiger partial charge on any atom is -0.474 e. The van der Waals surface area contributed by atoms with Gasteiger partial charge in [-0.05, 0) is 95.1 Å². The second kappa shape index (κ2) is 40.3. The minimum absolute atomic E-state index is 0.00517. The molecule has 0 bridgehead atoms. The van der Waals surface area contributed by atoms with Crippen molar-refractivity contribution in [3.8, 4) is 0 Å². The van der Waals surface area contributed by atoms with Crippen LogP contribution in [0, 0.1) is 70.2 Å². The van der Waals surface area contributed by atoms with E-state index >= 15 is 0 Å². The maximum atomic E-state index is 14.4. The summed E-state index contributed by atoms with van der Waals surface area (Å²) in [6.45, 7) is 3.85. The minimum atomic E-state index is -3.19. The number of alkyl halides is 8. The van der Waals surface area contributed by atoms with Crippen LogP contribution in [0.2, 0.25) is 0 Å². The lowest BCUT2D eigenvalue weighted by molar-refractivity contribution is -0.159. The fraction of sp³-hybridized carbons (Fsp3) is 0.300. The van der Waals surface area contributed by atoms with Crippen molar-refractivity contribution in [2.45, 2.75) is 101 Å². The maximum Gasteiger partial charge on any atom is 0.394 e. The first kappa shape index (κ1) is 96.4. The number of piperidine rings is 4. The number of aromatic nitrogens is 4. The molecule has 45 heteroatoms. The lowest BCUT2D eigenvalue weighted by atomic mass is 9.86. The second-order valence-electron chi connectivity index (χ2n) is 29.0. The Morgan fingerprint density at radius 3 is 0.824 bits per heavy atom. The molecule has 29 nitrogen and oxygen atoms in total. The number of aliphatic carboxylic acids is 1. The Morgan fingerprint density at radius 1 is 0.344 bits per heavy atom. The van der Waals surface area contributed by atoms with Crippen molar-refractivity contribution in [2.75, 3.05) is 47.4 Å². The number of hydrogen-bond acceptors (Lipinski definition) is 17. The van der Waals surface area contributed by atoms with Crippen molar-refractivity contribution in [1.82, 2.24) is 40.0 Å². The van der Waals surface area contributed by atoms with Gasteiger partial charge in [-0.15, -0.1) is 0 Å². The number of carboxylic acids is 1. The number of carbonyl (C=O) groups is 12. The van der Waals surface area contributed by atoms with Crippen molar-refractivity contribution >= 4 is 93.7 Å². The van der Waals surface area contributed by atoms with Gasteiger partial charge < -0.3 is 69.3 Å². The largest absolute Gasteiger partial charge is 0.474 e. The number of benzene rings is 4. The Balaban J connectivity index is 0.000000199. The number of anilines is 4. The van der Waals surface area contributed by atoms with E-state index in [0.717, 1.165) is 119 Å². The standard InChI is InChI=1S/3C20H18F4N4O3.C12H13F4N.C8H7N3O4/c3*1-10-9-28(16(6-20(10,23)24)11-2-3-14(21)15(22)5-11)19(31)18(30)27-13-4-12(17(25)29)7-26-8-13;1-7-6-17-11(5-12(7,15)16)8-2-3-9(13)10(14)4-8;9-6(12)4-1-5(3-10-2-4)11-7(13)8(14)15/h3*2-5,7-8,10,16H,6,9H2,1H3,(H2,25,29)(H,27,30);2-4,7,11,17H,5-6H2,1H3;1-3H,(H2,9,12)(H,11,13)(H,14,15)/t3*10-,16-;7-,11-;/m1000./s1. The van der Waals surface area contributed by atoms with Crippen LogP contribution in [0.15, 0.2) is 147 Å². The average molecular weight is 1770 g/mol. The summed E-state index contributed by atoms with van der Waals surface area (Å²) in [4.78, 5) is 159. The van der Waals surface area contributed by atoms with Crippen LogP contribution in [-0.2, 0) is 38.4 Å². The van der Waals surface area contributed by atoms with Gasteiger partial charge in [-0.25, -0.2) is 75.0 Å². The molecule has 4 saturated heterocycles. The van der Waals surface area contributed by atoms with E-state index in [-0.39, 0.29) is 74.7 Å². The van der Waals surface area contributed by atoms with E-state index in [4.69, 9.17) is 28.0 Å². The van der Waals surface area contributed by atoms with E-state index in [1.54, 1.807) is 0 Å². The number of amides is 11. The fourth-order valence-electron chi connectivity index (χ4n) is 12.8. The molecule has 4 fully saturated rings. The normalized spacial score (nSPS) is 20.0. The Labute approximate surface area is 697 Å². The highest BCUT2D eigenvalue weighted by molar-refractivity contribution is 6.41. The Bertz CT molecular complexity index is 5080. The molecular weight excluding hydrogens is 1700 g/mol. The summed E-state index contributed by atoms with van der Waals surface area (Å²) in [5, 5.41) is 20.0. The zero-order valence-electron chi connectivity index (χ0n) is 65.5. The third kappa shape index (κ3) is 24.9. The van der Waals surface area contributed by atoms with Crippen LogP contribution in [-0.4, -0.2) is 161 Å².